The van der Waals surface area contributed by atoms with E-state index in [1.165, 1.54) is 5.56 Å². The Kier molecular flexibility index (Phi) is 3.68. The molecule has 0 spiro atoms. The maximum atomic E-state index is 11.8. The first-order valence-corrected chi connectivity index (χ1v) is 6.92. The van der Waals surface area contributed by atoms with Crippen LogP contribution in [0.25, 0.3) is 0 Å². The number of amides is 1. The molecular formula is C16H24N2O. The van der Waals surface area contributed by atoms with Crippen LogP contribution in [0.5, 0.6) is 0 Å². The standard InChI is InChI=1S/C16H24N2O/c1-16(2,3)12-7-5-11(6-8-12)15-13(17)9-10-14(19)18(15)4/h5-8,13,15H,9-10,17H2,1-4H3. The van der Waals surface area contributed by atoms with Gasteiger partial charge in [0.25, 0.3) is 0 Å². The summed E-state index contributed by atoms with van der Waals surface area (Å²) in [5.74, 6) is 0.187. The number of likely N-dealkylation sites (tertiary alicyclic amines) is 1. The smallest absolute Gasteiger partial charge is 0.222 e. The highest BCUT2D eigenvalue weighted by molar-refractivity contribution is 5.77. The molecule has 0 bridgehead atoms. The van der Waals surface area contributed by atoms with Crippen LogP contribution in [0, 0.1) is 0 Å². The summed E-state index contributed by atoms with van der Waals surface area (Å²) < 4.78 is 0. The largest absolute Gasteiger partial charge is 0.337 e. The second kappa shape index (κ2) is 4.97. The van der Waals surface area contributed by atoms with E-state index in [-0.39, 0.29) is 23.4 Å². The second-order valence-corrected chi connectivity index (χ2v) is 6.52. The van der Waals surface area contributed by atoms with Crippen LogP contribution >= 0.6 is 0 Å². The predicted molar refractivity (Wildman–Crippen MR) is 77.9 cm³/mol. The molecule has 3 heteroatoms. The topological polar surface area (TPSA) is 46.3 Å². The first-order chi connectivity index (χ1) is 8.80. The van der Waals surface area contributed by atoms with E-state index in [0.717, 1.165) is 12.0 Å². The Morgan fingerprint density at radius 3 is 2.32 bits per heavy atom. The lowest BCUT2D eigenvalue weighted by Gasteiger charge is -2.37. The fourth-order valence-corrected chi connectivity index (χ4v) is 2.72. The normalized spacial score (nSPS) is 24.7. The minimum Gasteiger partial charge on any atom is -0.337 e. The summed E-state index contributed by atoms with van der Waals surface area (Å²) in [4.78, 5) is 13.6. The van der Waals surface area contributed by atoms with Crippen molar-refractivity contribution in [2.75, 3.05) is 7.05 Å². The monoisotopic (exact) mass is 260 g/mol. The number of carbonyl (C=O) groups is 1. The van der Waals surface area contributed by atoms with E-state index in [2.05, 4.69) is 45.0 Å². The number of hydrogen-bond donors (Lipinski definition) is 1. The molecule has 2 atom stereocenters. The van der Waals surface area contributed by atoms with Crippen molar-refractivity contribution in [3.63, 3.8) is 0 Å². The highest BCUT2D eigenvalue weighted by Crippen LogP contribution is 2.31. The lowest BCUT2D eigenvalue weighted by Crippen LogP contribution is -2.46. The highest BCUT2D eigenvalue weighted by atomic mass is 16.2. The Bertz CT molecular complexity index is 459. The number of carbonyl (C=O) groups excluding carboxylic acids is 1. The highest BCUT2D eigenvalue weighted by Gasteiger charge is 2.32. The molecule has 1 aliphatic rings. The molecule has 2 unspecified atom stereocenters. The van der Waals surface area contributed by atoms with E-state index in [9.17, 15) is 4.79 Å². The van der Waals surface area contributed by atoms with Crippen LogP contribution < -0.4 is 5.73 Å². The zero-order valence-electron chi connectivity index (χ0n) is 12.3. The Morgan fingerprint density at radius 1 is 1.21 bits per heavy atom. The van der Waals surface area contributed by atoms with Crippen molar-refractivity contribution in [3.05, 3.63) is 35.4 Å². The molecule has 1 amide bonds. The van der Waals surface area contributed by atoms with Gasteiger partial charge in [0.05, 0.1) is 6.04 Å². The molecule has 0 saturated carbocycles. The van der Waals surface area contributed by atoms with Gasteiger partial charge in [-0.1, -0.05) is 45.0 Å². The van der Waals surface area contributed by atoms with Gasteiger partial charge in [-0.25, -0.2) is 0 Å². The van der Waals surface area contributed by atoms with Gasteiger partial charge >= 0.3 is 0 Å². The summed E-state index contributed by atoms with van der Waals surface area (Å²) in [5.41, 5.74) is 8.78. The van der Waals surface area contributed by atoms with Gasteiger partial charge in [-0.2, -0.15) is 0 Å². The van der Waals surface area contributed by atoms with Gasteiger partial charge < -0.3 is 10.6 Å². The molecule has 1 aromatic carbocycles. The maximum absolute atomic E-state index is 11.8. The molecule has 0 aromatic heterocycles. The minimum atomic E-state index is 0.00951. The molecule has 3 nitrogen and oxygen atoms in total. The van der Waals surface area contributed by atoms with Crippen LogP contribution in [0.2, 0.25) is 0 Å². The van der Waals surface area contributed by atoms with Crippen LogP contribution in [0.3, 0.4) is 0 Å². The Hall–Kier alpha value is -1.35. The Balaban J connectivity index is 2.28. The molecular weight excluding hydrogens is 236 g/mol. The summed E-state index contributed by atoms with van der Waals surface area (Å²) in [6.45, 7) is 6.60. The van der Waals surface area contributed by atoms with Crippen LogP contribution in [0.15, 0.2) is 24.3 Å². The lowest BCUT2D eigenvalue weighted by molar-refractivity contribution is -0.135. The number of hydrogen-bond acceptors (Lipinski definition) is 2. The number of nitrogens with zero attached hydrogens (tertiary/aromatic N) is 1. The van der Waals surface area contributed by atoms with E-state index in [0.29, 0.717) is 6.42 Å². The molecule has 1 heterocycles. The number of nitrogens with two attached hydrogens (primary N) is 1. The predicted octanol–water partition coefficient (Wildman–Crippen LogP) is 2.60. The first-order valence-electron chi connectivity index (χ1n) is 6.92. The molecule has 1 aliphatic heterocycles. The van der Waals surface area contributed by atoms with Crippen molar-refractivity contribution < 1.29 is 4.79 Å². The van der Waals surface area contributed by atoms with Crippen molar-refractivity contribution in [3.8, 4) is 0 Å². The molecule has 2 rings (SSSR count). The van der Waals surface area contributed by atoms with E-state index < -0.39 is 0 Å². The van der Waals surface area contributed by atoms with Gasteiger partial charge in [-0.15, -0.1) is 0 Å². The summed E-state index contributed by atoms with van der Waals surface area (Å²) in [7, 11) is 1.85. The van der Waals surface area contributed by atoms with Gasteiger partial charge in [0, 0.05) is 19.5 Å². The zero-order chi connectivity index (χ0) is 14.2. The Morgan fingerprint density at radius 2 is 1.79 bits per heavy atom. The molecule has 1 saturated heterocycles. The molecule has 104 valence electrons. The average molecular weight is 260 g/mol. The van der Waals surface area contributed by atoms with Gasteiger partial charge in [-0.3, -0.25) is 4.79 Å². The summed E-state index contributed by atoms with van der Waals surface area (Å²) in [5, 5.41) is 0. The quantitative estimate of drug-likeness (QED) is 0.843. The molecule has 0 aliphatic carbocycles. The Labute approximate surface area is 115 Å². The van der Waals surface area contributed by atoms with E-state index >= 15 is 0 Å². The summed E-state index contributed by atoms with van der Waals surface area (Å²) >= 11 is 0. The van der Waals surface area contributed by atoms with Gasteiger partial charge in [-0.05, 0) is 23.0 Å². The van der Waals surface area contributed by atoms with Gasteiger partial charge in [0.15, 0.2) is 0 Å². The fourth-order valence-electron chi connectivity index (χ4n) is 2.72. The van der Waals surface area contributed by atoms with Crippen molar-refractivity contribution >= 4 is 5.91 Å². The van der Waals surface area contributed by atoms with E-state index in [1.54, 1.807) is 4.90 Å². The third-order valence-electron chi connectivity index (χ3n) is 4.03. The number of benzene rings is 1. The molecule has 19 heavy (non-hydrogen) atoms. The van der Waals surface area contributed by atoms with Crippen LogP contribution in [-0.2, 0) is 10.2 Å². The zero-order valence-corrected chi connectivity index (χ0v) is 12.3. The average Bonchev–Trinajstić information content (AvgIpc) is 2.34. The van der Waals surface area contributed by atoms with Crippen LogP contribution in [0.4, 0.5) is 0 Å². The van der Waals surface area contributed by atoms with Gasteiger partial charge in [0.1, 0.15) is 0 Å². The van der Waals surface area contributed by atoms with E-state index in [4.69, 9.17) is 5.73 Å². The van der Waals surface area contributed by atoms with E-state index in [1.807, 2.05) is 7.05 Å². The van der Waals surface area contributed by atoms with Crippen LogP contribution in [0.1, 0.15) is 50.8 Å². The maximum Gasteiger partial charge on any atom is 0.222 e. The third kappa shape index (κ3) is 2.81. The lowest BCUT2D eigenvalue weighted by atomic mass is 9.84. The molecule has 1 fully saturated rings. The number of likely N-dealkylation sites (N-methyl/N-ethyl adjacent to an activating group) is 1. The summed E-state index contributed by atoms with van der Waals surface area (Å²) in [6, 6.07) is 8.56. The molecule has 0 radical (unpaired) electrons. The van der Waals surface area contributed by atoms with Crippen molar-refractivity contribution in [1.82, 2.24) is 4.90 Å². The fraction of sp³-hybridized carbons (Fsp3) is 0.562. The second-order valence-electron chi connectivity index (χ2n) is 6.52. The SMILES string of the molecule is CN1C(=O)CCC(N)C1c1ccc(C(C)(C)C)cc1. The van der Waals surface area contributed by atoms with Crippen LogP contribution in [-0.4, -0.2) is 23.9 Å². The number of piperidine rings is 1. The van der Waals surface area contributed by atoms with Gasteiger partial charge in [0.2, 0.25) is 5.91 Å². The van der Waals surface area contributed by atoms with Crippen molar-refractivity contribution in [1.29, 1.82) is 0 Å². The third-order valence-corrected chi connectivity index (χ3v) is 4.03. The summed E-state index contributed by atoms with van der Waals surface area (Å²) in [6.07, 6.45) is 1.34. The first kappa shape index (κ1) is 14.1. The van der Waals surface area contributed by atoms with Crippen molar-refractivity contribution in [2.24, 2.45) is 5.73 Å². The van der Waals surface area contributed by atoms with Crippen molar-refractivity contribution in [2.45, 2.75) is 51.1 Å². The molecule has 2 N–H and O–H groups in total. The minimum absolute atomic E-state index is 0.00951. The number of rotatable bonds is 1. The molecule has 1 aromatic rings.